The Balaban J connectivity index is 2.11. The highest BCUT2D eigenvalue weighted by molar-refractivity contribution is 9.10. The smallest absolute Gasteiger partial charge is 0.233 e. The molecule has 0 bridgehead atoms. The van der Waals surface area contributed by atoms with Gasteiger partial charge in [0.15, 0.2) is 0 Å². The second kappa shape index (κ2) is 7.24. The molecule has 0 heterocycles. The molecule has 0 aliphatic carbocycles. The van der Waals surface area contributed by atoms with E-state index in [0.717, 1.165) is 23.1 Å². The largest absolute Gasteiger partial charge is 0.494 e. The van der Waals surface area contributed by atoms with E-state index >= 15 is 0 Å². The maximum atomic E-state index is 10.8. The first-order valence-corrected chi connectivity index (χ1v) is 5.89. The number of hydrazine groups is 1. The molecule has 0 saturated heterocycles. The molecule has 0 spiro atoms. The van der Waals surface area contributed by atoms with Crippen LogP contribution in [0, 0.1) is 0 Å². The number of hydrogen-bond donors (Lipinski definition) is 2. The predicted molar refractivity (Wildman–Crippen MR) is 65.8 cm³/mol. The summed E-state index contributed by atoms with van der Waals surface area (Å²) in [5.41, 5.74) is 2.09. The Bertz CT molecular complexity index is 327. The number of rotatable bonds is 6. The van der Waals surface area contributed by atoms with Crippen molar-refractivity contribution < 1.29 is 9.53 Å². The molecule has 5 heteroatoms. The van der Waals surface area contributed by atoms with E-state index in [2.05, 4.69) is 21.4 Å². The molecule has 0 aromatic heterocycles. The Morgan fingerprint density at radius 3 is 2.62 bits per heavy atom. The zero-order valence-electron chi connectivity index (χ0n) is 8.91. The van der Waals surface area contributed by atoms with Crippen LogP contribution in [-0.4, -0.2) is 12.5 Å². The minimum absolute atomic E-state index is 0.136. The third-order valence-electron chi connectivity index (χ3n) is 2.04. The van der Waals surface area contributed by atoms with Crippen molar-refractivity contribution in [3.8, 4) is 5.75 Å². The van der Waals surface area contributed by atoms with Crippen molar-refractivity contribution in [3.05, 3.63) is 28.7 Å². The average molecular weight is 287 g/mol. The minimum atomic E-state index is -0.136. The van der Waals surface area contributed by atoms with Gasteiger partial charge < -0.3 is 4.74 Å². The summed E-state index contributed by atoms with van der Waals surface area (Å²) in [7, 11) is 0. The van der Waals surface area contributed by atoms with Gasteiger partial charge in [0.25, 0.3) is 0 Å². The van der Waals surface area contributed by atoms with E-state index in [1.54, 1.807) is 0 Å². The monoisotopic (exact) mass is 286 g/mol. The Hall–Kier alpha value is -1.07. The predicted octanol–water partition coefficient (Wildman–Crippen LogP) is 1.99. The first-order valence-electron chi connectivity index (χ1n) is 5.10. The number of ether oxygens (including phenoxy) is 1. The Labute approximate surface area is 103 Å². The quantitative estimate of drug-likeness (QED) is 0.364. The van der Waals surface area contributed by atoms with Crippen molar-refractivity contribution in [3.63, 3.8) is 0 Å². The zero-order valence-corrected chi connectivity index (χ0v) is 10.5. The molecule has 0 radical (unpaired) electrons. The molecule has 1 aromatic rings. The van der Waals surface area contributed by atoms with Crippen LogP contribution < -0.4 is 16.0 Å². The summed E-state index contributed by atoms with van der Waals surface area (Å²) < 4.78 is 6.52. The van der Waals surface area contributed by atoms with Crippen molar-refractivity contribution >= 4 is 21.8 Å². The second-order valence-corrected chi connectivity index (χ2v) is 4.24. The van der Waals surface area contributed by atoms with Crippen LogP contribution in [0.15, 0.2) is 28.7 Å². The molecule has 1 aromatic carbocycles. The van der Waals surface area contributed by atoms with E-state index in [9.17, 15) is 4.79 Å². The number of carbonyl (C=O) groups excluding carboxylic acids is 1. The van der Waals surface area contributed by atoms with Crippen LogP contribution in [0.5, 0.6) is 5.75 Å². The van der Waals surface area contributed by atoms with Crippen molar-refractivity contribution in [2.24, 2.45) is 5.84 Å². The first-order chi connectivity index (χ1) is 7.72. The summed E-state index contributed by atoms with van der Waals surface area (Å²) in [6, 6.07) is 7.65. The lowest BCUT2D eigenvalue weighted by Gasteiger charge is -2.05. The number of hydrogen-bond acceptors (Lipinski definition) is 3. The van der Waals surface area contributed by atoms with Crippen LogP contribution in [-0.2, 0) is 4.79 Å². The third-order valence-corrected chi connectivity index (χ3v) is 2.57. The summed E-state index contributed by atoms with van der Waals surface area (Å²) in [6.45, 7) is 0.611. The summed E-state index contributed by atoms with van der Waals surface area (Å²) in [5, 5.41) is 0. The normalized spacial score (nSPS) is 9.88. The average Bonchev–Trinajstić information content (AvgIpc) is 2.31. The van der Waals surface area contributed by atoms with E-state index in [0.29, 0.717) is 13.0 Å². The van der Waals surface area contributed by atoms with Gasteiger partial charge in [0.05, 0.1) is 6.61 Å². The first kappa shape index (κ1) is 13.0. The number of amides is 1. The molecule has 0 unspecified atom stereocenters. The maximum Gasteiger partial charge on any atom is 0.233 e. The molecule has 0 saturated carbocycles. The number of halogens is 1. The molecular weight excluding hydrogens is 272 g/mol. The Morgan fingerprint density at radius 1 is 1.31 bits per heavy atom. The molecule has 4 nitrogen and oxygen atoms in total. The van der Waals surface area contributed by atoms with Gasteiger partial charge in [0, 0.05) is 10.9 Å². The Kier molecular flexibility index (Phi) is 5.88. The van der Waals surface area contributed by atoms with E-state index in [1.165, 1.54) is 0 Å². The van der Waals surface area contributed by atoms with Gasteiger partial charge >= 0.3 is 0 Å². The fourth-order valence-corrected chi connectivity index (χ4v) is 1.44. The van der Waals surface area contributed by atoms with Gasteiger partial charge in [0.1, 0.15) is 5.75 Å². The van der Waals surface area contributed by atoms with E-state index in [4.69, 9.17) is 10.6 Å². The van der Waals surface area contributed by atoms with Gasteiger partial charge in [-0.3, -0.25) is 10.2 Å². The van der Waals surface area contributed by atoms with Crippen LogP contribution >= 0.6 is 15.9 Å². The van der Waals surface area contributed by atoms with Crippen LogP contribution in [0.3, 0.4) is 0 Å². The molecule has 0 aliphatic rings. The van der Waals surface area contributed by atoms with Gasteiger partial charge in [-0.05, 0) is 37.1 Å². The number of carbonyl (C=O) groups is 1. The lowest BCUT2D eigenvalue weighted by atomic mass is 10.2. The molecule has 0 aliphatic heterocycles. The summed E-state index contributed by atoms with van der Waals surface area (Å²) in [6.07, 6.45) is 2.06. The summed E-state index contributed by atoms with van der Waals surface area (Å²) in [5.74, 6) is 5.66. The van der Waals surface area contributed by atoms with Crippen molar-refractivity contribution in [1.29, 1.82) is 0 Å². The fourth-order valence-electron chi connectivity index (χ4n) is 1.18. The molecule has 1 rings (SSSR count). The van der Waals surface area contributed by atoms with Crippen LogP contribution in [0.2, 0.25) is 0 Å². The van der Waals surface area contributed by atoms with Crippen LogP contribution in [0.4, 0.5) is 0 Å². The number of nitrogens with one attached hydrogen (secondary N) is 1. The molecular formula is C11H15BrN2O2. The molecule has 88 valence electrons. The molecule has 3 N–H and O–H groups in total. The van der Waals surface area contributed by atoms with E-state index in [-0.39, 0.29) is 5.91 Å². The molecule has 16 heavy (non-hydrogen) atoms. The number of benzene rings is 1. The van der Waals surface area contributed by atoms with Gasteiger partial charge in [-0.25, -0.2) is 5.84 Å². The standard InChI is InChI=1S/C11H15BrN2O2/c12-9-4-6-10(7-5-9)16-8-2-1-3-11(15)14-13/h4-7H,1-3,8,13H2,(H,14,15). The highest BCUT2D eigenvalue weighted by atomic mass is 79.9. The molecule has 0 fully saturated rings. The van der Waals surface area contributed by atoms with E-state index < -0.39 is 0 Å². The molecule has 1 amide bonds. The van der Waals surface area contributed by atoms with Gasteiger partial charge in [-0.2, -0.15) is 0 Å². The minimum Gasteiger partial charge on any atom is -0.494 e. The lowest BCUT2D eigenvalue weighted by molar-refractivity contribution is -0.121. The number of unbranched alkanes of at least 4 members (excludes halogenated alkanes) is 1. The third kappa shape index (κ3) is 5.14. The van der Waals surface area contributed by atoms with Gasteiger partial charge in [0.2, 0.25) is 5.91 Å². The highest BCUT2D eigenvalue weighted by Crippen LogP contribution is 2.16. The van der Waals surface area contributed by atoms with E-state index in [1.807, 2.05) is 24.3 Å². The lowest BCUT2D eigenvalue weighted by Crippen LogP contribution is -2.29. The molecule has 0 atom stereocenters. The van der Waals surface area contributed by atoms with Gasteiger partial charge in [-0.1, -0.05) is 15.9 Å². The number of nitrogens with two attached hydrogens (primary N) is 1. The fraction of sp³-hybridized carbons (Fsp3) is 0.364. The topological polar surface area (TPSA) is 64.3 Å². The van der Waals surface area contributed by atoms with Crippen molar-refractivity contribution in [2.75, 3.05) is 6.61 Å². The SMILES string of the molecule is NNC(=O)CCCCOc1ccc(Br)cc1. The Morgan fingerprint density at radius 2 is 2.00 bits per heavy atom. The van der Waals surface area contributed by atoms with Crippen LogP contribution in [0.1, 0.15) is 19.3 Å². The van der Waals surface area contributed by atoms with Crippen molar-refractivity contribution in [2.45, 2.75) is 19.3 Å². The summed E-state index contributed by atoms with van der Waals surface area (Å²) in [4.78, 5) is 10.8. The van der Waals surface area contributed by atoms with Gasteiger partial charge in [-0.15, -0.1) is 0 Å². The zero-order chi connectivity index (χ0) is 11.8. The van der Waals surface area contributed by atoms with Crippen molar-refractivity contribution in [1.82, 2.24) is 5.43 Å². The highest BCUT2D eigenvalue weighted by Gasteiger charge is 1.98. The maximum absolute atomic E-state index is 10.8. The van der Waals surface area contributed by atoms with Crippen LogP contribution in [0.25, 0.3) is 0 Å². The second-order valence-electron chi connectivity index (χ2n) is 3.33. The summed E-state index contributed by atoms with van der Waals surface area (Å²) >= 11 is 3.35.